The van der Waals surface area contributed by atoms with Gasteiger partial charge < -0.3 is 9.80 Å². The zero-order valence-corrected chi connectivity index (χ0v) is 16.6. The van der Waals surface area contributed by atoms with Gasteiger partial charge in [0.15, 0.2) is 5.78 Å². The highest BCUT2D eigenvalue weighted by atomic mass is 35.5. The second-order valence-corrected chi connectivity index (χ2v) is 7.47. The molecule has 1 heterocycles. The second-order valence-electron chi connectivity index (χ2n) is 7.06. The number of carbonyl (C=O) groups is 2. The summed E-state index contributed by atoms with van der Waals surface area (Å²) in [7, 11) is 0. The van der Waals surface area contributed by atoms with Crippen molar-refractivity contribution < 1.29 is 9.59 Å². The fourth-order valence-electron chi connectivity index (χ4n) is 3.45. The molecular weight excluding hydrogens is 360 g/mol. The van der Waals surface area contributed by atoms with E-state index < -0.39 is 0 Å². The fourth-order valence-corrected chi connectivity index (χ4v) is 3.71. The Morgan fingerprint density at radius 1 is 0.963 bits per heavy atom. The van der Waals surface area contributed by atoms with Gasteiger partial charge in [-0.3, -0.25) is 9.59 Å². The summed E-state index contributed by atoms with van der Waals surface area (Å²) in [5.41, 5.74) is 3.76. The second kappa shape index (κ2) is 8.57. The van der Waals surface area contributed by atoms with E-state index in [1.165, 1.54) is 0 Å². The quantitative estimate of drug-likeness (QED) is 0.723. The molecule has 0 saturated carbocycles. The van der Waals surface area contributed by atoms with Crippen molar-refractivity contribution in [3.8, 4) is 0 Å². The summed E-state index contributed by atoms with van der Waals surface area (Å²) >= 11 is 6.26. The molecule has 5 heteroatoms. The molecule has 0 atom stereocenters. The molecule has 4 nitrogen and oxygen atoms in total. The third-order valence-corrected chi connectivity index (χ3v) is 5.40. The number of hydrogen-bond acceptors (Lipinski definition) is 3. The summed E-state index contributed by atoms with van der Waals surface area (Å²) < 4.78 is 0. The van der Waals surface area contributed by atoms with Gasteiger partial charge in [-0.25, -0.2) is 0 Å². The van der Waals surface area contributed by atoms with E-state index in [1.54, 1.807) is 0 Å². The van der Waals surface area contributed by atoms with Crippen LogP contribution < -0.4 is 4.90 Å². The van der Waals surface area contributed by atoms with E-state index in [9.17, 15) is 9.59 Å². The summed E-state index contributed by atoms with van der Waals surface area (Å²) in [5.74, 6) is 0.0896. The highest BCUT2D eigenvalue weighted by Gasteiger charge is 2.23. The van der Waals surface area contributed by atoms with E-state index in [-0.39, 0.29) is 24.5 Å². The van der Waals surface area contributed by atoms with Crippen LogP contribution in [0.2, 0.25) is 5.02 Å². The van der Waals surface area contributed by atoms with Gasteiger partial charge in [0, 0.05) is 44.6 Å². The Morgan fingerprint density at radius 3 is 2.37 bits per heavy atom. The smallest absolute Gasteiger partial charge is 0.223 e. The standard InChI is InChI=1S/C22H25ClN2O2/c1-16-7-8-17(2)18(15-16)21(26)9-10-22(27)25-13-11-24(12-14-25)20-6-4-3-5-19(20)23/h3-8,15H,9-14H2,1-2H3. The van der Waals surface area contributed by atoms with Crippen molar-refractivity contribution >= 4 is 29.0 Å². The van der Waals surface area contributed by atoms with Gasteiger partial charge in [0.25, 0.3) is 0 Å². The Kier molecular flexibility index (Phi) is 6.17. The molecule has 1 amide bonds. The first-order valence-corrected chi connectivity index (χ1v) is 9.71. The number of ketones is 1. The Bertz CT molecular complexity index is 842. The summed E-state index contributed by atoms with van der Waals surface area (Å²) in [5, 5.41) is 0.733. The lowest BCUT2D eigenvalue weighted by Crippen LogP contribution is -2.48. The van der Waals surface area contributed by atoms with E-state index in [0.29, 0.717) is 13.1 Å². The number of benzene rings is 2. The van der Waals surface area contributed by atoms with Crippen molar-refractivity contribution in [2.75, 3.05) is 31.1 Å². The van der Waals surface area contributed by atoms with Gasteiger partial charge in [-0.15, -0.1) is 0 Å². The van der Waals surface area contributed by atoms with Gasteiger partial charge in [-0.05, 0) is 37.6 Å². The summed E-state index contributed by atoms with van der Waals surface area (Å²) in [4.78, 5) is 29.1. The molecule has 142 valence electrons. The number of halogens is 1. The topological polar surface area (TPSA) is 40.6 Å². The molecule has 1 saturated heterocycles. The number of rotatable bonds is 5. The summed E-state index contributed by atoms with van der Waals surface area (Å²) in [6.07, 6.45) is 0.520. The minimum Gasteiger partial charge on any atom is -0.367 e. The van der Waals surface area contributed by atoms with Crippen LogP contribution in [0.25, 0.3) is 0 Å². The number of piperazine rings is 1. The average Bonchev–Trinajstić information content (AvgIpc) is 2.68. The van der Waals surface area contributed by atoms with E-state index in [2.05, 4.69) is 4.90 Å². The molecule has 0 spiro atoms. The lowest BCUT2D eigenvalue weighted by Gasteiger charge is -2.36. The number of para-hydroxylation sites is 1. The van der Waals surface area contributed by atoms with Gasteiger partial charge in [-0.2, -0.15) is 0 Å². The van der Waals surface area contributed by atoms with Crippen LogP contribution in [0.15, 0.2) is 42.5 Å². The monoisotopic (exact) mass is 384 g/mol. The van der Waals surface area contributed by atoms with Crippen LogP contribution in [-0.2, 0) is 4.79 Å². The van der Waals surface area contributed by atoms with Gasteiger partial charge in [0.1, 0.15) is 0 Å². The van der Waals surface area contributed by atoms with Crippen molar-refractivity contribution in [3.63, 3.8) is 0 Å². The van der Waals surface area contributed by atoms with Crippen LogP contribution in [0, 0.1) is 13.8 Å². The van der Waals surface area contributed by atoms with Crippen molar-refractivity contribution in [3.05, 3.63) is 64.2 Å². The van der Waals surface area contributed by atoms with Crippen LogP contribution in [-0.4, -0.2) is 42.8 Å². The molecule has 0 radical (unpaired) electrons. The molecule has 1 fully saturated rings. The number of Topliss-reactive ketones (excluding diaryl/α,β-unsaturated/α-hetero) is 1. The number of nitrogens with zero attached hydrogens (tertiary/aromatic N) is 2. The number of amides is 1. The first kappa shape index (κ1) is 19.4. The fraction of sp³-hybridized carbons (Fsp3) is 0.364. The Hall–Kier alpha value is -2.33. The molecule has 0 aliphatic carbocycles. The van der Waals surface area contributed by atoms with E-state index in [0.717, 1.165) is 40.5 Å². The van der Waals surface area contributed by atoms with Gasteiger partial charge in [0.2, 0.25) is 5.91 Å². The SMILES string of the molecule is Cc1ccc(C)c(C(=O)CCC(=O)N2CCN(c3ccccc3Cl)CC2)c1. The molecule has 2 aromatic rings. The first-order chi connectivity index (χ1) is 13.0. The minimum absolute atomic E-state index is 0.0410. The zero-order chi connectivity index (χ0) is 19.4. The largest absolute Gasteiger partial charge is 0.367 e. The van der Waals surface area contributed by atoms with Crippen molar-refractivity contribution in [1.82, 2.24) is 4.90 Å². The molecule has 0 aromatic heterocycles. The number of anilines is 1. The van der Waals surface area contributed by atoms with Gasteiger partial charge >= 0.3 is 0 Å². The van der Waals surface area contributed by atoms with Gasteiger partial charge in [-0.1, -0.05) is 41.4 Å². The van der Waals surface area contributed by atoms with Crippen LogP contribution in [0.5, 0.6) is 0 Å². The predicted octanol–water partition coefficient (Wildman–Crippen LogP) is 4.27. The summed E-state index contributed by atoms with van der Waals surface area (Å²) in [6.45, 7) is 6.71. The van der Waals surface area contributed by atoms with Crippen molar-refractivity contribution in [2.45, 2.75) is 26.7 Å². The molecule has 3 rings (SSSR count). The highest BCUT2D eigenvalue weighted by molar-refractivity contribution is 6.33. The molecule has 1 aliphatic heterocycles. The Morgan fingerprint density at radius 2 is 1.67 bits per heavy atom. The average molecular weight is 385 g/mol. The van der Waals surface area contributed by atoms with Crippen LogP contribution >= 0.6 is 11.6 Å². The number of hydrogen-bond donors (Lipinski definition) is 0. The maximum Gasteiger partial charge on any atom is 0.223 e. The van der Waals surface area contributed by atoms with Crippen LogP contribution in [0.4, 0.5) is 5.69 Å². The molecule has 27 heavy (non-hydrogen) atoms. The van der Waals surface area contributed by atoms with Crippen molar-refractivity contribution in [2.24, 2.45) is 0 Å². The first-order valence-electron chi connectivity index (χ1n) is 9.33. The number of aryl methyl sites for hydroxylation is 2. The maximum absolute atomic E-state index is 12.5. The lowest BCUT2D eigenvalue weighted by atomic mass is 9.99. The molecular formula is C22H25ClN2O2. The van der Waals surface area contributed by atoms with Crippen LogP contribution in [0.1, 0.15) is 34.3 Å². The lowest BCUT2D eigenvalue weighted by molar-refractivity contribution is -0.131. The molecule has 1 aliphatic rings. The predicted molar refractivity (Wildman–Crippen MR) is 110 cm³/mol. The zero-order valence-electron chi connectivity index (χ0n) is 15.9. The maximum atomic E-state index is 12.5. The highest BCUT2D eigenvalue weighted by Crippen LogP contribution is 2.26. The van der Waals surface area contributed by atoms with E-state index in [4.69, 9.17) is 11.6 Å². The van der Waals surface area contributed by atoms with E-state index >= 15 is 0 Å². The molecule has 0 bridgehead atoms. The molecule has 0 unspecified atom stereocenters. The third kappa shape index (κ3) is 4.69. The normalized spacial score (nSPS) is 14.3. The Labute approximate surface area is 165 Å². The molecule has 0 N–H and O–H groups in total. The van der Waals surface area contributed by atoms with Crippen molar-refractivity contribution in [1.29, 1.82) is 0 Å². The third-order valence-electron chi connectivity index (χ3n) is 5.08. The van der Waals surface area contributed by atoms with Crippen LogP contribution in [0.3, 0.4) is 0 Å². The van der Waals surface area contributed by atoms with Gasteiger partial charge in [0.05, 0.1) is 10.7 Å². The minimum atomic E-state index is 0.0410. The molecule has 2 aromatic carbocycles. The number of carbonyl (C=O) groups excluding carboxylic acids is 2. The Balaban J connectivity index is 1.52. The summed E-state index contributed by atoms with van der Waals surface area (Å²) in [6, 6.07) is 13.6. The van der Waals surface area contributed by atoms with E-state index in [1.807, 2.05) is 61.2 Å².